The Hall–Kier alpha value is -0.453. The number of allylic oxidation sites excluding steroid dienone is 1. The molecule has 0 radical (unpaired) electrons. The van der Waals surface area contributed by atoms with Crippen LogP contribution in [-0.4, -0.2) is 31.9 Å². The number of ketones is 1. The smallest absolute Gasteiger partial charge is 0.191 e. The summed E-state index contributed by atoms with van der Waals surface area (Å²) in [5.74, 6) is 3.97. The highest BCUT2D eigenvalue weighted by Crippen LogP contribution is 2.63. The summed E-state index contributed by atoms with van der Waals surface area (Å²) in [5, 5.41) is 11.2. The molecule has 0 aliphatic heterocycles. The molecule has 0 heterocycles. The fraction of sp³-hybridized carbons (Fsp3) is 0.909. The molecular weight excluding hydrogens is 472 g/mol. The molecule has 3 nitrogen and oxygen atoms in total. The lowest BCUT2D eigenvalue weighted by atomic mass is 9.49. The van der Waals surface area contributed by atoms with Crippen LogP contribution in [0.1, 0.15) is 124 Å². The molecule has 1 N–H and O–H groups in total. The molecule has 4 aliphatic carbocycles. The number of hydrogen-bond donors (Lipinski definition) is 1. The zero-order valence-electron chi connectivity index (χ0n) is 25.1. The van der Waals surface area contributed by atoms with Crippen molar-refractivity contribution in [3.63, 3.8) is 0 Å². The van der Waals surface area contributed by atoms with Gasteiger partial charge >= 0.3 is 0 Å². The summed E-state index contributed by atoms with van der Waals surface area (Å²) in [6.45, 7) is 15.0. The minimum absolute atomic E-state index is 0.101. The monoisotopic (exact) mass is 530 g/mol. The first-order valence-electron chi connectivity index (χ1n) is 16.0. The van der Waals surface area contributed by atoms with Crippen LogP contribution in [0.3, 0.4) is 0 Å². The SMILES string of the molecule is CC(C)(C)[Si](C)(C)OCCCCCCCCC[C@@H]1CC2=CC(=O)CCC2[C@H]2CC[C@]3(C)[C@@H](O)CC[C@H]3[C@H]12. The highest BCUT2D eigenvalue weighted by Gasteiger charge is 2.58. The fourth-order valence-corrected chi connectivity index (χ4v) is 9.67. The molecule has 0 saturated heterocycles. The van der Waals surface area contributed by atoms with Gasteiger partial charge in [-0.2, -0.15) is 0 Å². The molecule has 3 saturated carbocycles. The number of fused-ring (bicyclic) bond motifs is 5. The summed E-state index contributed by atoms with van der Waals surface area (Å²) in [5.41, 5.74) is 1.64. The van der Waals surface area contributed by atoms with E-state index >= 15 is 0 Å². The first-order chi connectivity index (χ1) is 17.4. The lowest BCUT2D eigenvalue weighted by Crippen LogP contribution is -2.50. The van der Waals surface area contributed by atoms with Gasteiger partial charge in [0.25, 0.3) is 0 Å². The minimum Gasteiger partial charge on any atom is -0.417 e. The van der Waals surface area contributed by atoms with Crippen molar-refractivity contribution in [1.29, 1.82) is 0 Å². The number of unbranched alkanes of at least 4 members (excludes halogenated alkanes) is 6. The number of carbonyl (C=O) groups is 1. The maximum atomic E-state index is 12.3. The van der Waals surface area contributed by atoms with Gasteiger partial charge in [-0.25, -0.2) is 0 Å². The maximum Gasteiger partial charge on any atom is 0.191 e. The molecule has 4 aliphatic rings. The number of hydrogen-bond acceptors (Lipinski definition) is 3. The van der Waals surface area contributed by atoms with Crippen molar-refractivity contribution < 1.29 is 14.3 Å². The molecule has 4 rings (SSSR count). The Morgan fingerprint density at radius 2 is 1.68 bits per heavy atom. The van der Waals surface area contributed by atoms with E-state index in [2.05, 4.69) is 46.9 Å². The van der Waals surface area contributed by atoms with E-state index in [4.69, 9.17) is 4.43 Å². The zero-order chi connectivity index (χ0) is 26.8. The Balaban J connectivity index is 1.22. The molecule has 4 heteroatoms. The van der Waals surface area contributed by atoms with E-state index in [0.717, 1.165) is 50.0 Å². The third-order valence-corrected chi connectivity index (χ3v) is 16.4. The van der Waals surface area contributed by atoms with Crippen molar-refractivity contribution in [2.45, 2.75) is 148 Å². The number of rotatable bonds is 11. The second-order valence-electron chi connectivity index (χ2n) is 15.2. The second-order valence-corrected chi connectivity index (χ2v) is 20.0. The average Bonchev–Trinajstić information content (AvgIpc) is 3.13. The molecule has 212 valence electrons. The molecule has 7 atom stereocenters. The topological polar surface area (TPSA) is 46.5 Å². The van der Waals surface area contributed by atoms with Gasteiger partial charge < -0.3 is 9.53 Å². The predicted octanol–water partition coefficient (Wildman–Crippen LogP) is 8.86. The Bertz CT molecular complexity index is 811. The van der Waals surface area contributed by atoms with E-state index in [1.54, 1.807) is 0 Å². The van der Waals surface area contributed by atoms with E-state index in [-0.39, 0.29) is 11.5 Å². The Kier molecular flexibility index (Phi) is 9.55. The molecule has 37 heavy (non-hydrogen) atoms. The van der Waals surface area contributed by atoms with Crippen molar-refractivity contribution in [3.8, 4) is 0 Å². The van der Waals surface area contributed by atoms with Gasteiger partial charge in [0.2, 0.25) is 0 Å². The molecule has 0 bridgehead atoms. The van der Waals surface area contributed by atoms with Crippen LogP contribution in [0.25, 0.3) is 0 Å². The van der Waals surface area contributed by atoms with Gasteiger partial charge in [-0.05, 0) is 111 Å². The molecule has 0 aromatic rings. The van der Waals surface area contributed by atoms with Crippen molar-refractivity contribution in [3.05, 3.63) is 11.6 Å². The Morgan fingerprint density at radius 1 is 1.00 bits per heavy atom. The number of aliphatic hydroxyl groups excluding tert-OH is 1. The van der Waals surface area contributed by atoms with E-state index in [0.29, 0.717) is 22.7 Å². The van der Waals surface area contributed by atoms with Crippen LogP contribution in [0, 0.1) is 35.0 Å². The molecule has 0 aromatic heterocycles. The predicted molar refractivity (Wildman–Crippen MR) is 157 cm³/mol. The third kappa shape index (κ3) is 6.48. The van der Waals surface area contributed by atoms with Crippen molar-refractivity contribution in [1.82, 2.24) is 0 Å². The van der Waals surface area contributed by atoms with E-state index < -0.39 is 8.32 Å². The van der Waals surface area contributed by atoms with Crippen molar-refractivity contribution >= 4 is 14.1 Å². The molecule has 3 fully saturated rings. The maximum absolute atomic E-state index is 12.3. The van der Waals surface area contributed by atoms with Gasteiger partial charge in [0.15, 0.2) is 14.1 Å². The normalized spacial score (nSPS) is 36.1. The lowest BCUT2D eigenvalue weighted by molar-refractivity contribution is -0.116. The summed E-state index contributed by atoms with van der Waals surface area (Å²) in [6, 6.07) is 0. The minimum atomic E-state index is -1.59. The van der Waals surface area contributed by atoms with Gasteiger partial charge in [-0.15, -0.1) is 0 Å². The van der Waals surface area contributed by atoms with E-state index in [9.17, 15) is 9.90 Å². The summed E-state index contributed by atoms with van der Waals surface area (Å²) >= 11 is 0. The molecule has 0 spiro atoms. The van der Waals surface area contributed by atoms with Crippen molar-refractivity contribution in [2.24, 2.45) is 35.0 Å². The third-order valence-electron chi connectivity index (χ3n) is 11.9. The summed E-state index contributed by atoms with van der Waals surface area (Å²) < 4.78 is 6.33. The van der Waals surface area contributed by atoms with Gasteiger partial charge in [-0.1, -0.05) is 71.8 Å². The second kappa shape index (κ2) is 12.0. The first kappa shape index (κ1) is 29.5. The summed E-state index contributed by atoms with van der Waals surface area (Å²) in [4.78, 5) is 12.3. The van der Waals surface area contributed by atoms with Crippen LogP contribution in [0.5, 0.6) is 0 Å². The van der Waals surface area contributed by atoms with Crippen LogP contribution in [-0.2, 0) is 9.22 Å². The highest BCUT2D eigenvalue weighted by atomic mass is 28.4. The van der Waals surface area contributed by atoms with E-state index in [1.165, 1.54) is 76.2 Å². The zero-order valence-corrected chi connectivity index (χ0v) is 26.1. The average molecular weight is 531 g/mol. The Labute approximate surface area is 229 Å². The molecular formula is C33H58O3Si. The van der Waals surface area contributed by atoms with Gasteiger partial charge in [0.1, 0.15) is 0 Å². The van der Waals surface area contributed by atoms with Crippen LogP contribution in [0.4, 0.5) is 0 Å². The Morgan fingerprint density at radius 3 is 2.38 bits per heavy atom. The quantitative estimate of drug-likeness (QED) is 0.214. The highest BCUT2D eigenvalue weighted by molar-refractivity contribution is 6.74. The van der Waals surface area contributed by atoms with Gasteiger partial charge in [0, 0.05) is 13.0 Å². The molecule has 0 amide bonds. The van der Waals surface area contributed by atoms with Crippen LogP contribution < -0.4 is 0 Å². The number of aliphatic hydroxyl groups is 1. The first-order valence-corrected chi connectivity index (χ1v) is 18.9. The van der Waals surface area contributed by atoms with Crippen molar-refractivity contribution in [2.75, 3.05) is 6.61 Å². The van der Waals surface area contributed by atoms with Gasteiger partial charge in [-0.3, -0.25) is 4.79 Å². The van der Waals surface area contributed by atoms with Crippen LogP contribution in [0.15, 0.2) is 11.6 Å². The van der Waals surface area contributed by atoms with E-state index in [1.807, 2.05) is 0 Å². The van der Waals surface area contributed by atoms with Crippen LogP contribution >= 0.6 is 0 Å². The van der Waals surface area contributed by atoms with Crippen LogP contribution in [0.2, 0.25) is 18.1 Å². The number of carbonyl (C=O) groups excluding carboxylic acids is 1. The summed E-state index contributed by atoms with van der Waals surface area (Å²) in [6.07, 6.45) is 20.2. The lowest BCUT2D eigenvalue weighted by Gasteiger charge is -2.56. The summed E-state index contributed by atoms with van der Waals surface area (Å²) in [7, 11) is -1.59. The fourth-order valence-electron chi connectivity index (χ4n) is 8.58. The molecule has 0 aromatic carbocycles. The van der Waals surface area contributed by atoms with Gasteiger partial charge in [0.05, 0.1) is 6.10 Å². The standard InChI is InChI=1S/C33H58O3Si/c1-32(2,3)37(5,6)36-21-13-11-9-7-8-10-12-14-24-22-25-23-26(34)15-16-27(25)28-19-20-33(4)29(31(24)28)17-18-30(33)35/h23-24,27-31,35H,7-22H2,1-6H3/t24-,27?,28-,29+,30+,31-,33+/m1/s1. The largest absolute Gasteiger partial charge is 0.417 e. The molecule has 1 unspecified atom stereocenters.